The summed E-state index contributed by atoms with van der Waals surface area (Å²) in [7, 11) is 0. The van der Waals surface area contributed by atoms with Crippen molar-refractivity contribution in [2.75, 3.05) is 5.32 Å². The topological polar surface area (TPSA) is 58.2 Å². The van der Waals surface area contributed by atoms with Crippen LogP contribution in [0.15, 0.2) is 84.2 Å². The summed E-state index contributed by atoms with van der Waals surface area (Å²) in [6.45, 7) is 2.04. The molecule has 0 saturated carbocycles. The second kappa shape index (κ2) is 7.57. The molecule has 2 N–H and O–H groups in total. The molecule has 33 heavy (non-hydrogen) atoms. The van der Waals surface area contributed by atoms with Crippen LogP contribution in [0.4, 0.5) is 5.69 Å². The van der Waals surface area contributed by atoms with Crippen molar-refractivity contribution in [1.29, 1.82) is 0 Å². The van der Waals surface area contributed by atoms with Gasteiger partial charge in [0.05, 0.1) is 11.6 Å². The Bertz CT molecular complexity index is 1580. The van der Waals surface area contributed by atoms with E-state index in [0.717, 1.165) is 37.5 Å². The molecular weight excluding hydrogens is 428 g/mol. The molecule has 1 aliphatic heterocycles. The van der Waals surface area contributed by atoms with Gasteiger partial charge in [-0.2, -0.15) is 0 Å². The van der Waals surface area contributed by atoms with Crippen molar-refractivity contribution < 1.29 is 9.59 Å². The van der Waals surface area contributed by atoms with Gasteiger partial charge in [-0.1, -0.05) is 60.7 Å². The lowest BCUT2D eigenvalue weighted by molar-refractivity contribution is 0.0940. The van der Waals surface area contributed by atoms with Crippen molar-refractivity contribution in [1.82, 2.24) is 5.32 Å². The van der Waals surface area contributed by atoms with Crippen LogP contribution in [0.2, 0.25) is 0 Å². The van der Waals surface area contributed by atoms with Gasteiger partial charge in [-0.25, -0.2) is 0 Å². The average Bonchev–Trinajstić information content (AvgIpc) is 3.27. The molecule has 5 heteroatoms. The summed E-state index contributed by atoms with van der Waals surface area (Å²) in [5.74, 6) is -0.255. The predicted molar refractivity (Wildman–Crippen MR) is 134 cm³/mol. The third kappa shape index (κ3) is 3.12. The van der Waals surface area contributed by atoms with Gasteiger partial charge < -0.3 is 10.6 Å². The number of amides is 2. The van der Waals surface area contributed by atoms with Crippen LogP contribution in [0.3, 0.4) is 0 Å². The van der Waals surface area contributed by atoms with Crippen molar-refractivity contribution >= 4 is 49.7 Å². The largest absolute Gasteiger partial charge is 0.341 e. The summed E-state index contributed by atoms with van der Waals surface area (Å²) < 4.78 is 1.08. The molecule has 0 aliphatic carbocycles. The molecule has 0 fully saturated rings. The minimum Gasteiger partial charge on any atom is -0.341 e. The van der Waals surface area contributed by atoms with Gasteiger partial charge in [0, 0.05) is 37.7 Å². The van der Waals surface area contributed by atoms with Crippen LogP contribution in [0.25, 0.3) is 20.9 Å². The number of anilines is 1. The third-order valence-electron chi connectivity index (χ3n) is 6.37. The third-order valence-corrected chi connectivity index (χ3v) is 7.33. The highest BCUT2D eigenvalue weighted by Gasteiger charge is 2.31. The molecule has 2 amide bonds. The number of carbonyl (C=O) groups excluding carboxylic acids is 2. The van der Waals surface area contributed by atoms with Crippen molar-refractivity contribution in [2.24, 2.45) is 0 Å². The molecule has 0 bridgehead atoms. The summed E-state index contributed by atoms with van der Waals surface area (Å²) in [5.41, 5.74) is 5.02. The lowest BCUT2D eigenvalue weighted by Crippen LogP contribution is -2.34. The van der Waals surface area contributed by atoms with Crippen LogP contribution in [0.1, 0.15) is 43.4 Å². The standard InChI is InChI=1S/C28H20N2O2S/c1-16-7-2-3-9-18(16)26-25-22(14-13-17-8-6-11-20(24(17)25)27(31)30-26)29-28(32)21-15-33-23-12-5-4-10-19(21)23/h2-15,26H,1H3,(H,29,32)(H,30,31). The molecule has 6 rings (SSSR count). The molecule has 1 atom stereocenters. The minimum absolute atomic E-state index is 0.103. The Morgan fingerprint density at radius 1 is 0.939 bits per heavy atom. The van der Waals surface area contributed by atoms with Crippen LogP contribution >= 0.6 is 11.3 Å². The number of benzene rings is 4. The fourth-order valence-corrected chi connectivity index (χ4v) is 5.71. The highest BCUT2D eigenvalue weighted by molar-refractivity contribution is 7.17. The number of nitrogens with one attached hydrogen (secondary N) is 2. The monoisotopic (exact) mass is 448 g/mol. The zero-order valence-electron chi connectivity index (χ0n) is 17.9. The van der Waals surface area contributed by atoms with E-state index in [2.05, 4.69) is 10.6 Å². The Morgan fingerprint density at radius 2 is 1.76 bits per heavy atom. The summed E-state index contributed by atoms with van der Waals surface area (Å²) in [5, 5.41) is 11.1. The maximum absolute atomic E-state index is 13.4. The maximum atomic E-state index is 13.4. The smallest absolute Gasteiger partial charge is 0.257 e. The minimum atomic E-state index is -0.355. The molecule has 0 radical (unpaired) electrons. The van der Waals surface area contributed by atoms with E-state index in [0.29, 0.717) is 16.8 Å². The number of carbonyl (C=O) groups is 2. The van der Waals surface area contributed by atoms with E-state index >= 15 is 0 Å². The lowest BCUT2D eigenvalue weighted by Gasteiger charge is -2.30. The zero-order valence-corrected chi connectivity index (χ0v) is 18.7. The highest BCUT2D eigenvalue weighted by atomic mass is 32.1. The van der Waals surface area contributed by atoms with E-state index in [4.69, 9.17) is 0 Å². The molecule has 2 heterocycles. The van der Waals surface area contributed by atoms with E-state index in [1.54, 1.807) is 11.3 Å². The van der Waals surface area contributed by atoms with Gasteiger partial charge in [-0.15, -0.1) is 11.3 Å². The van der Waals surface area contributed by atoms with Gasteiger partial charge in [0.1, 0.15) is 0 Å². The van der Waals surface area contributed by atoms with Crippen LogP contribution in [-0.2, 0) is 0 Å². The molecule has 4 aromatic carbocycles. The van der Waals surface area contributed by atoms with E-state index < -0.39 is 0 Å². The van der Waals surface area contributed by atoms with Gasteiger partial charge in [-0.3, -0.25) is 9.59 Å². The Balaban J connectivity index is 1.54. The number of hydrogen-bond acceptors (Lipinski definition) is 3. The van der Waals surface area contributed by atoms with Crippen LogP contribution < -0.4 is 10.6 Å². The van der Waals surface area contributed by atoms with Crippen molar-refractivity contribution in [3.05, 3.63) is 112 Å². The Morgan fingerprint density at radius 3 is 2.64 bits per heavy atom. The first-order chi connectivity index (χ1) is 16.1. The van der Waals surface area contributed by atoms with Crippen LogP contribution in [-0.4, -0.2) is 11.8 Å². The average molecular weight is 449 g/mol. The Kier molecular flexibility index (Phi) is 4.52. The second-order valence-corrected chi connectivity index (χ2v) is 9.20. The summed E-state index contributed by atoms with van der Waals surface area (Å²) in [4.78, 5) is 26.4. The van der Waals surface area contributed by atoms with E-state index in [9.17, 15) is 9.59 Å². The molecule has 1 unspecified atom stereocenters. The number of fused-ring (bicyclic) bond motifs is 1. The fourth-order valence-electron chi connectivity index (χ4n) is 4.77. The van der Waals surface area contributed by atoms with Gasteiger partial charge >= 0.3 is 0 Å². The second-order valence-electron chi connectivity index (χ2n) is 8.29. The summed E-state index contributed by atoms with van der Waals surface area (Å²) >= 11 is 1.56. The molecule has 0 spiro atoms. The normalized spacial score (nSPS) is 14.9. The van der Waals surface area contributed by atoms with Gasteiger partial charge in [0.15, 0.2) is 0 Å². The van der Waals surface area contributed by atoms with Gasteiger partial charge in [0.25, 0.3) is 11.8 Å². The molecule has 5 aromatic rings. The molecular formula is C28H20N2O2S. The first-order valence-electron chi connectivity index (χ1n) is 10.8. The number of rotatable bonds is 3. The molecule has 4 nitrogen and oxygen atoms in total. The number of hydrogen-bond donors (Lipinski definition) is 2. The van der Waals surface area contributed by atoms with Crippen molar-refractivity contribution in [2.45, 2.75) is 13.0 Å². The van der Waals surface area contributed by atoms with Crippen molar-refractivity contribution in [3.8, 4) is 0 Å². The van der Waals surface area contributed by atoms with Gasteiger partial charge in [-0.05, 0) is 41.6 Å². The molecule has 160 valence electrons. The Hall–Kier alpha value is -3.96. The van der Waals surface area contributed by atoms with Crippen LogP contribution in [0, 0.1) is 6.92 Å². The number of thiophene rings is 1. The SMILES string of the molecule is Cc1ccccc1C1NC(=O)c2cccc3ccc(NC(=O)c4csc5ccccc45)c1c23. The van der Waals surface area contributed by atoms with Crippen molar-refractivity contribution in [3.63, 3.8) is 0 Å². The molecule has 1 aromatic heterocycles. The summed E-state index contributed by atoms with van der Waals surface area (Å²) in [6, 6.07) is 25.3. The maximum Gasteiger partial charge on any atom is 0.257 e. The zero-order chi connectivity index (χ0) is 22.5. The molecule has 0 saturated heterocycles. The van der Waals surface area contributed by atoms with Crippen LogP contribution in [0.5, 0.6) is 0 Å². The summed E-state index contributed by atoms with van der Waals surface area (Å²) in [6.07, 6.45) is 0. The van der Waals surface area contributed by atoms with E-state index in [1.165, 1.54) is 0 Å². The first-order valence-corrected chi connectivity index (χ1v) is 11.7. The highest BCUT2D eigenvalue weighted by Crippen LogP contribution is 2.41. The number of aryl methyl sites for hydroxylation is 1. The lowest BCUT2D eigenvalue weighted by atomic mass is 9.85. The first kappa shape index (κ1) is 19.7. The Labute approximate surface area is 194 Å². The van der Waals surface area contributed by atoms with E-state index in [1.807, 2.05) is 91.2 Å². The quantitative estimate of drug-likeness (QED) is 0.333. The van der Waals surface area contributed by atoms with Gasteiger partial charge in [0.2, 0.25) is 0 Å². The fraction of sp³-hybridized carbons (Fsp3) is 0.0714. The predicted octanol–water partition coefficient (Wildman–Crippen LogP) is 6.45. The molecule has 1 aliphatic rings. The van der Waals surface area contributed by atoms with E-state index in [-0.39, 0.29) is 17.9 Å².